The Morgan fingerprint density at radius 3 is 2.70 bits per heavy atom. The second kappa shape index (κ2) is 10.7. The highest BCUT2D eigenvalue weighted by Gasteiger charge is 2.13. The molecule has 1 heterocycles. The fourth-order valence-electron chi connectivity index (χ4n) is 2.60. The van der Waals surface area contributed by atoms with E-state index in [0.29, 0.717) is 30.2 Å². The lowest BCUT2D eigenvalue weighted by molar-refractivity contribution is -0.112. The van der Waals surface area contributed by atoms with Crippen LogP contribution in [0.2, 0.25) is 0 Å². The third-order valence-corrected chi connectivity index (χ3v) is 4.53. The van der Waals surface area contributed by atoms with Gasteiger partial charge in [-0.1, -0.05) is 42.1 Å². The zero-order valence-electron chi connectivity index (χ0n) is 15.9. The molecule has 0 bridgehead atoms. The van der Waals surface area contributed by atoms with Crippen LogP contribution < -0.4 is 5.56 Å². The van der Waals surface area contributed by atoms with Crippen molar-refractivity contribution >= 4 is 17.5 Å². The summed E-state index contributed by atoms with van der Waals surface area (Å²) in [4.78, 5) is 33.0. The Kier molecular flexibility index (Phi) is 8.29. The first kappa shape index (κ1) is 20.9. The number of thioether (sulfide) groups is 1. The standard InChI is InChI=1S/C20H25N3O3S/c1-15(24)9-11-23(13-16-7-5-4-6-8-16)12-10-18-17(14-26-2)19(25)22-20(21-18)27-3/h4-9,11H,10,12-14H2,1-3H3,(H,21,22,25)/b11-9+. The number of aromatic nitrogens is 2. The summed E-state index contributed by atoms with van der Waals surface area (Å²) in [6.45, 7) is 3.04. The quantitative estimate of drug-likeness (QED) is 0.384. The molecule has 2 aromatic rings. The van der Waals surface area contributed by atoms with E-state index in [1.54, 1.807) is 19.4 Å². The van der Waals surface area contributed by atoms with Crippen molar-refractivity contribution < 1.29 is 9.53 Å². The Morgan fingerprint density at radius 1 is 1.33 bits per heavy atom. The van der Waals surface area contributed by atoms with Crippen LogP contribution in [0, 0.1) is 0 Å². The van der Waals surface area contributed by atoms with E-state index < -0.39 is 0 Å². The zero-order valence-corrected chi connectivity index (χ0v) is 16.7. The van der Waals surface area contributed by atoms with Gasteiger partial charge >= 0.3 is 0 Å². The minimum Gasteiger partial charge on any atom is -0.380 e. The second-order valence-electron chi connectivity index (χ2n) is 6.07. The van der Waals surface area contributed by atoms with Crippen LogP contribution >= 0.6 is 11.8 Å². The normalized spacial score (nSPS) is 11.1. The lowest BCUT2D eigenvalue weighted by Gasteiger charge is -2.21. The van der Waals surface area contributed by atoms with E-state index >= 15 is 0 Å². The molecular formula is C20H25N3O3S. The molecule has 27 heavy (non-hydrogen) atoms. The van der Waals surface area contributed by atoms with Gasteiger partial charge < -0.3 is 14.6 Å². The van der Waals surface area contributed by atoms with E-state index in [1.807, 2.05) is 36.6 Å². The van der Waals surface area contributed by atoms with Crippen LogP contribution in [0.3, 0.4) is 0 Å². The number of methoxy groups -OCH3 is 1. The monoisotopic (exact) mass is 387 g/mol. The molecule has 0 unspecified atom stereocenters. The zero-order chi connectivity index (χ0) is 19.6. The largest absolute Gasteiger partial charge is 0.380 e. The van der Waals surface area contributed by atoms with E-state index in [-0.39, 0.29) is 17.9 Å². The van der Waals surface area contributed by atoms with Crippen LogP contribution in [-0.2, 0) is 29.1 Å². The van der Waals surface area contributed by atoms with Gasteiger partial charge in [-0.2, -0.15) is 0 Å². The Bertz CT molecular complexity index is 834. The summed E-state index contributed by atoms with van der Waals surface area (Å²) < 4.78 is 5.17. The minimum atomic E-state index is -0.167. The summed E-state index contributed by atoms with van der Waals surface area (Å²) in [5.41, 5.74) is 2.25. The molecule has 1 aromatic carbocycles. The Morgan fingerprint density at radius 2 is 2.07 bits per heavy atom. The highest BCUT2D eigenvalue weighted by atomic mass is 32.2. The number of benzene rings is 1. The molecule has 0 saturated heterocycles. The lowest BCUT2D eigenvalue weighted by Crippen LogP contribution is -2.24. The van der Waals surface area contributed by atoms with Crippen molar-refractivity contribution in [3.63, 3.8) is 0 Å². The lowest BCUT2D eigenvalue weighted by atomic mass is 10.1. The molecular weight excluding hydrogens is 362 g/mol. The predicted molar refractivity (Wildman–Crippen MR) is 108 cm³/mol. The van der Waals surface area contributed by atoms with E-state index in [0.717, 1.165) is 11.3 Å². The van der Waals surface area contributed by atoms with E-state index in [9.17, 15) is 9.59 Å². The fraction of sp³-hybridized carbons (Fsp3) is 0.350. The number of rotatable bonds is 10. The number of nitrogens with zero attached hydrogens (tertiary/aromatic N) is 2. The van der Waals surface area contributed by atoms with E-state index in [1.165, 1.54) is 18.7 Å². The van der Waals surface area contributed by atoms with Crippen molar-refractivity contribution in [1.82, 2.24) is 14.9 Å². The molecule has 0 saturated carbocycles. The first-order chi connectivity index (χ1) is 13.0. The fourth-order valence-corrected chi connectivity index (χ4v) is 3.00. The van der Waals surface area contributed by atoms with Gasteiger partial charge in [0.15, 0.2) is 10.9 Å². The smallest absolute Gasteiger partial charge is 0.257 e. The molecule has 0 amide bonds. The summed E-state index contributed by atoms with van der Waals surface area (Å²) in [6, 6.07) is 10.0. The number of carbonyl (C=O) groups is 1. The van der Waals surface area contributed by atoms with Crippen LogP contribution in [0.15, 0.2) is 52.6 Å². The molecule has 2 rings (SSSR count). The number of aromatic amines is 1. The average molecular weight is 388 g/mol. The van der Waals surface area contributed by atoms with Gasteiger partial charge in [0.2, 0.25) is 0 Å². The Hall–Kier alpha value is -2.38. The van der Waals surface area contributed by atoms with Crippen LogP contribution in [0.4, 0.5) is 0 Å². The van der Waals surface area contributed by atoms with Crippen molar-refractivity contribution in [2.45, 2.75) is 31.7 Å². The van der Waals surface area contributed by atoms with Gasteiger partial charge in [0.05, 0.1) is 17.9 Å². The summed E-state index contributed by atoms with van der Waals surface area (Å²) in [6.07, 6.45) is 5.80. The second-order valence-corrected chi connectivity index (χ2v) is 6.86. The molecule has 0 aliphatic rings. The highest BCUT2D eigenvalue weighted by molar-refractivity contribution is 7.98. The van der Waals surface area contributed by atoms with Gasteiger partial charge in [0.25, 0.3) is 5.56 Å². The van der Waals surface area contributed by atoms with Gasteiger partial charge in [-0.15, -0.1) is 0 Å². The van der Waals surface area contributed by atoms with Crippen molar-refractivity contribution in [2.24, 2.45) is 0 Å². The molecule has 1 aromatic heterocycles. The van der Waals surface area contributed by atoms with Crippen LogP contribution in [0.25, 0.3) is 0 Å². The van der Waals surface area contributed by atoms with Gasteiger partial charge in [-0.25, -0.2) is 4.98 Å². The summed E-state index contributed by atoms with van der Waals surface area (Å²) in [5, 5.41) is 0.587. The van der Waals surface area contributed by atoms with Crippen molar-refractivity contribution in [3.05, 3.63) is 69.8 Å². The molecule has 0 aliphatic carbocycles. The maximum atomic E-state index is 12.3. The first-order valence-corrected chi connectivity index (χ1v) is 9.87. The van der Waals surface area contributed by atoms with E-state index in [4.69, 9.17) is 4.74 Å². The number of nitrogens with one attached hydrogen (secondary N) is 1. The van der Waals surface area contributed by atoms with Crippen LogP contribution in [0.1, 0.15) is 23.7 Å². The van der Waals surface area contributed by atoms with Crippen LogP contribution in [-0.4, -0.2) is 40.6 Å². The maximum absolute atomic E-state index is 12.3. The Labute approximate surface area is 163 Å². The molecule has 1 N–H and O–H groups in total. The van der Waals surface area contributed by atoms with Gasteiger partial charge in [0, 0.05) is 32.8 Å². The third-order valence-electron chi connectivity index (χ3n) is 3.95. The maximum Gasteiger partial charge on any atom is 0.257 e. The van der Waals surface area contributed by atoms with Gasteiger partial charge in [0.1, 0.15) is 0 Å². The molecule has 0 fully saturated rings. The molecule has 144 valence electrons. The van der Waals surface area contributed by atoms with Crippen LogP contribution in [0.5, 0.6) is 0 Å². The number of allylic oxidation sites excluding steroid dienone is 1. The van der Waals surface area contributed by atoms with Gasteiger partial charge in [-0.3, -0.25) is 9.59 Å². The predicted octanol–water partition coefficient (Wildman–Crippen LogP) is 2.79. The third kappa shape index (κ3) is 6.69. The topological polar surface area (TPSA) is 75.3 Å². The molecule has 6 nitrogen and oxygen atoms in total. The van der Waals surface area contributed by atoms with Crippen molar-refractivity contribution in [3.8, 4) is 0 Å². The van der Waals surface area contributed by atoms with Gasteiger partial charge in [-0.05, 0) is 24.8 Å². The number of ketones is 1. The van der Waals surface area contributed by atoms with E-state index in [2.05, 4.69) is 14.9 Å². The number of H-pyrrole nitrogens is 1. The number of ether oxygens (including phenoxy) is 1. The molecule has 0 radical (unpaired) electrons. The SMILES string of the molecule is COCc1c(CCN(/C=C/C(C)=O)Cc2ccccc2)nc(SC)[nH]c1=O. The number of hydrogen-bond acceptors (Lipinski definition) is 6. The molecule has 7 heteroatoms. The van der Waals surface area contributed by atoms with Crippen molar-refractivity contribution in [2.75, 3.05) is 19.9 Å². The summed E-state index contributed by atoms with van der Waals surface area (Å²) in [5.74, 6) is -0.00733. The number of carbonyl (C=O) groups excluding carboxylic acids is 1. The molecule has 0 spiro atoms. The highest BCUT2D eigenvalue weighted by Crippen LogP contribution is 2.12. The van der Waals surface area contributed by atoms with Crippen molar-refractivity contribution in [1.29, 1.82) is 0 Å². The minimum absolute atomic E-state index is 0.00733. The molecule has 0 aliphatic heterocycles. The Balaban J connectivity index is 2.21. The summed E-state index contributed by atoms with van der Waals surface area (Å²) >= 11 is 1.40. The number of hydrogen-bond donors (Lipinski definition) is 1. The first-order valence-electron chi connectivity index (χ1n) is 8.65. The average Bonchev–Trinajstić information content (AvgIpc) is 2.66. The molecule has 0 atom stereocenters. The summed E-state index contributed by atoms with van der Waals surface area (Å²) in [7, 11) is 1.56.